The molecule has 1 saturated heterocycles. The molecular weight excluding hydrogens is 373 g/mol. The van der Waals surface area contributed by atoms with Gasteiger partial charge < -0.3 is 14.4 Å². The maximum absolute atomic E-state index is 13.1. The van der Waals surface area contributed by atoms with E-state index in [1.807, 2.05) is 11.0 Å². The fraction of sp³-hybridized carbons (Fsp3) is 0.500. The van der Waals surface area contributed by atoms with Crippen molar-refractivity contribution in [1.82, 2.24) is 24.6 Å². The lowest BCUT2D eigenvalue weighted by Crippen LogP contribution is -2.47. The molecule has 1 unspecified atom stereocenters. The van der Waals surface area contributed by atoms with Gasteiger partial charge in [0.1, 0.15) is 12.4 Å². The Labute approximate surface area is 162 Å². The molecule has 0 aliphatic carbocycles. The number of fused-ring (bicyclic) bond motifs is 1. The van der Waals surface area contributed by atoms with Crippen LogP contribution in [0.4, 0.5) is 0 Å². The van der Waals surface area contributed by atoms with Crippen LogP contribution in [0, 0.1) is 0 Å². The molecule has 2 aliphatic rings. The second-order valence-corrected chi connectivity index (χ2v) is 7.73. The van der Waals surface area contributed by atoms with Crippen molar-refractivity contribution < 1.29 is 4.79 Å². The SMILES string of the molecule is O=C(Cc1ccc(Cl)c(Cl)c1)N1CCn2cnnc2C1CN1CCCC1. The number of aromatic nitrogens is 3. The maximum Gasteiger partial charge on any atom is 0.227 e. The van der Waals surface area contributed by atoms with E-state index < -0.39 is 0 Å². The van der Waals surface area contributed by atoms with Gasteiger partial charge in [-0.3, -0.25) is 4.79 Å². The molecule has 2 aromatic rings. The second-order valence-electron chi connectivity index (χ2n) is 6.92. The van der Waals surface area contributed by atoms with Crippen molar-refractivity contribution in [1.29, 1.82) is 0 Å². The van der Waals surface area contributed by atoms with Crippen LogP contribution in [0.3, 0.4) is 0 Å². The number of rotatable bonds is 4. The molecule has 4 rings (SSSR count). The van der Waals surface area contributed by atoms with Crippen LogP contribution in [0.1, 0.15) is 30.3 Å². The topological polar surface area (TPSA) is 54.3 Å². The first-order chi connectivity index (χ1) is 12.6. The molecule has 6 nitrogen and oxygen atoms in total. The summed E-state index contributed by atoms with van der Waals surface area (Å²) in [5.74, 6) is 0.965. The quantitative estimate of drug-likeness (QED) is 0.801. The van der Waals surface area contributed by atoms with Gasteiger partial charge in [0, 0.05) is 19.6 Å². The van der Waals surface area contributed by atoms with Gasteiger partial charge in [-0.1, -0.05) is 29.3 Å². The first-order valence-electron chi connectivity index (χ1n) is 8.95. The van der Waals surface area contributed by atoms with Crippen LogP contribution < -0.4 is 0 Å². The average Bonchev–Trinajstić information content (AvgIpc) is 3.29. The van der Waals surface area contributed by atoms with Gasteiger partial charge in [-0.15, -0.1) is 10.2 Å². The van der Waals surface area contributed by atoms with E-state index in [0.29, 0.717) is 23.0 Å². The van der Waals surface area contributed by atoms with Crippen molar-refractivity contribution in [2.45, 2.75) is 31.8 Å². The number of nitrogens with zero attached hydrogens (tertiary/aromatic N) is 5. The summed E-state index contributed by atoms with van der Waals surface area (Å²) in [6, 6.07) is 5.30. The van der Waals surface area contributed by atoms with Crippen LogP contribution in [0.5, 0.6) is 0 Å². The first kappa shape index (κ1) is 17.8. The van der Waals surface area contributed by atoms with Gasteiger partial charge in [0.25, 0.3) is 0 Å². The molecule has 1 amide bonds. The fourth-order valence-corrected chi connectivity index (χ4v) is 4.14. The number of carbonyl (C=O) groups is 1. The van der Waals surface area contributed by atoms with E-state index >= 15 is 0 Å². The molecule has 0 bridgehead atoms. The van der Waals surface area contributed by atoms with Crippen LogP contribution in [-0.2, 0) is 17.8 Å². The van der Waals surface area contributed by atoms with Crippen LogP contribution in [0.25, 0.3) is 0 Å². The zero-order valence-corrected chi connectivity index (χ0v) is 16.0. The summed E-state index contributed by atoms with van der Waals surface area (Å²) in [7, 11) is 0. The van der Waals surface area contributed by atoms with E-state index in [-0.39, 0.29) is 11.9 Å². The molecule has 1 fully saturated rings. The predicted molar refractivity (Wildman–Crippen MR) is 100 cm³/mol. The van der Waals surface area contributed by atoms with Crippen LogP contribution >= 0.6 is 23.2 Å². The molecule has 1 aromatic carbocycles. The molecule has 138 valence electrons. The summed E-state index contributed by atoms with van der Waals surface area (Å²) in [5, 5.41) is 9.33. The highest BCUT2D eigenvalue weighted by molar-refractivity contribution is 6.42. The minimum atomic E-state index is -0.0559. The lowest BCUT2D eigenvalue weighted by atomic mass is 10.1. The van der Waals surface area contributed by atoms with Crippen molar-refractivity contribution in [3.8, 4) is 0 Å². The summed E-state index contributed by atoms with van der Waals surface area (Å²) >= 11 is 12.1. The number of halogens is 2. The Bertz CT molecular complexity index is 803. The van der Waals surface area contributed by atoms with Crippen molar-refractivity contribution >= 4 is 29.1 Å². The summed E-state index contributed by atoms with van der Waals surface area (Å²) in [6.07, 6.45) is 4.50. The van der Waals surface area contributed by atoms with E-state index in [1.165, 1.54) is 12.8 Å². The second kappa shape index (κ2) is 7.55. The highest BCUT2D eigenvalue weighted by Crippen LogP contribution is 2.28. The zero-order valence-electron chi connectivity index (χ0n) is 14.4. The van der Waals surface area contributed by atoms with Crippen LogP contribution in [0.15, 0.2) is 24.5 Å². The number of hydrogen-bond donors (Lipinski definition) is 0. The van der Waals surface area contributed by atoms with Gasteiger partial charge in [0.15, 0.2) is 5.82 Å². The molecule has 0 radical (unpaired) electrons. The van der Waals surface area contributed by atoms with Crippen molar-refractivity contribution in [2.24, 2.45) is 0 Å². The summed E-state index contributed by atoms with van der Waals surface area (Å²) < 4.78 is 2.06. The Balaban J connectivity index is 1.54. The highest BCUT2D eigenvalue weighted by atomic mass is 35.5. The van der Waals surface area contributed by atoms with E-state index in [9.17, 15) is 4.79 Å². The summed E-state index contributed by atoms with van der Waals surface area (Å²) in [4.78, 5) is 17.4. The standard InChI is InChI=1S/C18H21Cl2N5O/c19-14-4-3-13(9-15(14)20)10-17(26)25-8-7-24-12-21-22-18(24)16(25)11-23-5-1-2-6-23/h3-4,9,12,16H,1-2,5-8,10-11H2. The molecule has 8 heteroatoms. The van der Waals surface area contributed by atoms with Crippen molar-refractivity contribution in [3.63, 3.8) is 0 Å². The minimum absolute atomic E-state index is 0.0559. The summed E-state index contributed by atoms with van der Waals surface area (Å²) in [5.41, 5.74) is 0.872. The third-order valence-corrected chi connectivity index (χ3v) is 5.93. The van der Waals surface area contributed by atoms with E-state index in [4.69, 9.17) is 23.2 Å². The van der Waals surface area contributed by atoms with Gasteiger partial charge in [-0.2, -0.15) is 0 Å². The molecule has 26 heavy (non-hydrogen) atoms. The van der Waals surface area contributed by atoms with Gasteiger partial charge in [0.05, 0.1) is 16.5 Å². The molecule has 3 heterocycles. The maximum atomic E-state index is 13.1. The lowest BCUT2D eigenvalue weighted by Gasteiger charge is -2.37. The third kappa shape index (κ3) is 3.59. The number of benzene rings is 1. The number of carbonyl (C=O) groups excluding carboxylic acids is 1. The van der Waals surface area contributed by atoms with Gasteiger partial charge in [-0.05, 0) is 43.6 Å². The number of likely N-dealkylation sites (tertiary alicyclic amines) is 1. The lowest BCUT2D eigenvalue weighted by molar-refractivity contribution is -0.134. The van der Waals surface area contributed by atoms with Crippen LogP contribution in [-0.4, -0.2) is 56.7 Å². The molecule has 1 aromatic heterocycles. The largest absolute Gasteiger partial charge is 0.329 e. The van der Waals surface area contributed by atoms with E-state index in [2.05, 4.69) is 19.7 Å². The van der Waals surface area contributed by atoms with Gasteiger partial charge in [0.2, 0.25) is 5.91 Å². The number of hydrogen-bond acceptors (Lipinski definition) is 4. The Morgan fingerprint density at radius 2 is 1.92 bits per heavy atom. The van der Waals surface area contributed by atoms with E-state index in [0.717, 1.165) is 37.6 Å². The van der Waals surface area contributed by atoms with E-state index in [1.54, 1.807) is 18.5 Å². The number of amides is 1. The molecule has 0 saturated carbocycles. The third-order valence-electron chi connectivity index (χ3n) is 5.19. The first-order valence-corrected chi connectivity index (χ1v) is 9.71. The fourth-order valence-electron chi connectivity index (χ4n) is 3.82. The van der Waals surface area contributed by atoms with Crippen molar-refractivity contribution in [3.05, 3.63) is 46.0 Å². The summed E-state index contributed by atoms with van der Waals surface area (Å²) in [6.45, 7) is 4.38. The smallest absolute Gasteiger partial charge is 0.227 e. The molecular formula is C18H21Cl2N5O. The molecule has 1 atom stereocenters. The zero-order chi connectivity index (χ0) is 18.1. The normalized spacial score (nSPS) is 20.4. The van der Waals surface area contributed by atoms with Crippen LogP contribution in [0.2, 0.25) is 10.0 Å². The Morgan fingerprint density at radius 1 is 1.12 bits per heavy atom. The molecule has 2 aliphatic heterocycles. The Morgan fingerprint density at radius 3 is 2.69 bits per heavy atom. The average molecular weight is 394 g/mol. The van der Waals surface area contributed by atoms with Gasteiger partial charge >= 0.3 is 0 Å². The minimum Gasteiger partial charge on any atom is -0.329 e. The van der Waals surface area contributed by atoms with Crippen molar-refractivity contribution in [2.75, 3.05) is 26.2 Å². The molecule has 0 N–H and O–H groups in total. The Hall–Kier alpha value is -1.63. The monoisotopic (exact) mass is 393 g/mol. The van der Waals surface area contributed by atoms with Gasteiger partial charge in [-0.25, -0.2) is 0 Å². The highest BCUT2D eigenvalue weighted by Gasteiger charge is 2.34. The Kier molecular flexibility index (Phi) is 5.16. The molecule has 0 spiro atoms. The predicted octanol–water partition coefficient (Wildman–Crippen LogP) is 2.81.